The number of hydrogen-bond donors (Lipinski definition) is 0. The monoisotopic (exact) mass is 540 g/mol. The Morgan fingerprint density at radius 1 is 0.526 bits per heavy atom. The van der Waals surface area contributed by atoms with Gasteiger partial charge in [-0.3, -0.25) is 19.2 Å². The summed E-state index contributed by atoms with van der Waals surface area (Å²) in [6, 6.07) is 0. The van der Waals surface area contributed by atoms with Gasteiger partial charge in [-0.1, -0.05) is 25.7 Å². The van der Waals surface area contributed by atoms with Crippen LogP contribution in [0.5, 0.6) is 0 Å². The SMILES string of the molecule is COC(=O)CCN1CCC(OC(=O)CCCCCCCCC(=O)OC2CCN(CCC(=O)OC)CC2)CC1. The summed E-state index contributed by atoms with van der Waals surface area (Å²) in [4.78, 5) is 51.2. The summed E-state index contributed by atoms with van der Waals surface area (Å²) in [5.41, 5.74) is 0. The molecule has 0 bridgehead atoms. The lowest BCUT2D eigenvalue weighted by Gasteiger charge is -2.31. The number of hydrogen-bond acceptors (Lipinski definition) is 10. The molecule has 2 aliphatic heterocycles. The molecule has 2 rings (SSSR count). The summed E-state index contributed by atoms with van der Waals surface area (Å²) in [6.45, 7) is 4.71. The zero-order valence-corrected chi connectivity index (χ0v) is 23.5. The maximum atomic E-state index is 12.1. The number of esters is 4. The largest absolute Gasteiger partial charge is 0.469 e. The first kappa shape index (κ1) is 32.0. The number of ether oxygens (including phenoxy) is 4. The molecular formula is C28H48N2O8. The standard InChI is InChI=1S/C28H48N2O8/c1-35-25(31)15-21-29-17-11-23(12-18-29)37-27(33)9-7-5-3-4-6-8-10-28(34)38-24-13-19-30(20-14-24)22-16-26(32)36-2/h23-24H,3-22H2,1-2H3. The fraction of sp³-hybridized carbons (Fsp3) is 0.857. The maximum absolute atomic E-state index is 12.1. The van der Waals surface area contributed by atoms with Crippen molar-refractivity contribution in [1.29, 1.82) is 0 Å². The van der Waals surface area contributed by atoms with Gasteiger partial charge in [0.05, 0.1) is 27.1 Å². The Morgan fingerprint density at radius 2 is 0.868 bits per heavy atom. The van der Waals surface area contributed by atoms with Crippen LogP contribution in [0.15, 0.2) is 0 Å². The summed E-state index contributed by atoms with van der Waals surface area (Å²) in [5, 5.41) is 0. The molecule has 0 aromatic carbocycles. The fourth-order valence-corrected chi connectivity index (χ4v) is 4.94. The Kier molecular flexibility index (Phi) is 16.0. The maximum Gasteiger partial charge on any atom is 0.306 e. The highest BCUT2D eigenvalue weighted by Gasteiger charge is 2.23. The average molecular weight is 541 g/mol. The topological polar surface area (TPSA) is 112 Å². The van der Waals surface area contributed by atoms with E-state index in [2.05, 4.69) is 19.3 Å². The van der Waals surface area contributed by atoms with E-state index in [1.807, 2.05) is 0 Å². The number of unbranched alkanes of at least 4 members (excludes halogenated alkanes) is 5. The number of rotatable bonds is 17. The van der Waals surface area contributed by atoms with Crippen LogP contribution >= 0.6 is 0 Å². The van der Waals surface area contributed by atoms with Crippen LogP contribution in [0.2, 0.25) is 0 Å². The van der Waals surface area contributed by atoms with E-state index in [4.69, 9.17) is 9.47 Å². The van der Waals surface area contributed by atoms with Crippen molar-refractivity contribution in [3.8, 4) is 0 Å². The number of likely N-dealkylation sites (tertiary alicyclic amines) is 2. The molecule has 10 heteroatoms. The first-order valence-corrected chi connectivity index (χ1v) is 14.4. The molecular weight excluding hydrogens is 492 g/mol. The fourth-order valence-electron chi connectivity index (χ4n) is 4.94. The first-order valence-electron chi connectivity index (χ1n) is 14.4. The van der Waals surface area contributed by atoms with Gasteiger partial charge in [0.25, 0.3) is 0 Å². The highest BCUT2D eigenvalue weighted by molar-refractivity contribution is 5.70. The minimum atomic E-state index is -0.195. The van der Waals surface area contributed by atoms with Crippen molar-refractivity contribution in [3.05, 3.63) is 0 Å². The molecule has 0 unspecified atom stereocenters. The van der Waals surface area contributed by atoms with Gasteiger partial charge in [0.15, 0.2) is 0 Å². The van der Waals surface area contributed by atoms with E-state index >= 15 is 0 Å². The van der Waals surface area contributed by atoms with Gasteiger partial charge in [0, 0.05) is 52.1 Å². The van der Waals surface area contributed by atoms with Crippen molar-refractivity contribution < 1.29 is 38.1 Å². The van der Waals surface area contributed by atoms with Gasteiger partial charge >= 0.3 is 23.9 Å². The normalized spacial score (nSPS) is 17.6. The Hall–Kier alpha value is -2.20. The van der Waals surface area contributed by atoms with E-state index in [0.717, 1.165) is 90.4 Å². The molecule has 38 heavy (non-hydrogen) atoms. The van der Waals surface area contributed by atoms with Crippen molar-refractivity contribution in [2.24, 2.45) is 0 Å². The summed E-state index contributed by atoms with van der Waals surface area (Å²) in [7, 11) is 2.80. The molecule has 10 nitrogen and oxygen atoms in total. The third-order valence-corrected chi connectivity index (χ3v) is 7.40. The minimum absolute atomic E-state index is 0.0178. The Bertz CT molecular complexity index is 656. The van der Waals surface area contributed by atoms with Crippen molar-refractivity contribution in [2.45, 2.75) is 102 Å². The van der Waals surface area contributed by atoms with Crippen LogP contribution in [-0.2, 0) is 38.1 Å². The number of carbonyl (C=O) groups excluding carboxylic acids is 4. The average Bonchev–Trinajstić information content (AvgIpc) is 2.93. The van der Waals surface area contributed by atoms with Gasteiger partial charge in [-0.15, -0.1) is 0 Å². The van der Waals surface area contributed by atoms with Crippen LogP contribution < -0.4 is 0 Å². The molecule has 218 valence electrons. The minimum Gasteiger partial charge on any atom is -0.469 e. The van der Waals surface area contributed by atoms with Gasteiger partial charge in [-0.25, -0.2) is 0 Å². The van der Waals surface area contributed by atoms with E-state index in [9.17, 15) is 19.2 Å². The Morgan fingerprint density at radius 3 is 1.21 bits per heavy atom. The molecule has 0 aromatic rings. The van der Waals surface area contributed by atoms with Crippen LogP contribution in [0.3, 0.4) is 0 Å². The van der Waals surface area contributed by atoms with Crippen LogP contribution in [0.25, 0.3) is 0 Å². The number of methoxy groups -OCH3 is 2. The van der Waals surface area contributed by atoms with E-state index in [1.54, 1.807) is 0 Å². The zero-order chi connectivity index (χ0) is 27.6. The second-order valence-electron chi connectivity index (χ2n) is 10.3. The molecule has 2 saturated heterocycles. The van der Waals surface area contributed by atoms with E-state index in [0.29, 0.717) is 38.8 Å². The predicted molar refractivity (Wildman–Crippen MR) is 141 cm³/mol. The summed E-state index contributed by atoms with van der Waals surface area (Å²) in [5.74, 6) is -0.622. The first-order chi connectivity index (χ1) is 18.4. The van der Waals surface area contributed by atoms with E-state index in [-0.39, 0.29) is 36.1 Å². The van der Waals surface area contributed by atoms with Crippen LogP contribution in [0.4, 0.5) is 0 Å². The molecule has 0 spiro atoms. The molecule has 2 fully saturated rings. The smallest absolute Gasteiger partial charge is 0.306 e. The summed E-state index contributed by atoms with van der Waals surface area (Å²) < 4.78 is 20.6. The number of carbonyl (C=O) groups is 4. The van der Waals surface area contributed by atoms with Crippen molar-refractivity contribution in [3.63, 3.8) is 0 Å². The Labute approximate surface area is 227 Å². The molecule has 0 aromatic heterocycles. The molecule has 0 radical (unpaired) electrons. The van der Waals surface area contributed by atoms with Gasteiger partial charge in [-0.2, -0.15) is 0 Å². The molecule has 2 aliphatic rings. The lowest BCUT2D eigenvalue weighted by Crippen LogP contribution is -2.38. The lowest BCUT2D eigenvalue weighted by atomic mass is 10.1. The van der Waals surface area contributed by atoms with Gasteiger partial charge in [0.1, 0.15) is 12.2 Å². The van der Waals surface area contributed by atoms with Crippen LogP contribution in [-0.4, -0.2) is 99.4 Å². The second-order valence-corrected chi connectivity index (χ2v) is 10.3. The predicted octanol–water partition coefficient (Wildman–Crippen LogP) is 3.25. The number of piperidine rings is 2. The van der Waals surface area contributed by atoms with Gasteiger partial charge in [0.2, 0.25) is 0 Å². The number of nitrogens with zero attached hydrogens (tertiary/aromatic N) is 2. The van der Waals surface area contributed by atoms with E-state index in [1.165, 1.54) is 14.2 Å². The van der Waals surface area contributed by atoms with Crippen LogP contribution in [0, 0.1) is 0 Å². The third kappa shape index (κ3) is 14.1. The summed E-state index contributed by atoms with van der Waals surface area (Å²) in [6.07, 6.45) is 10.6. The molecule has 0 atom stereocenters. The second kappa shape index (κ2) is 19.0. The summed E-state index contributed by atoms with van der Waals surface area (Å²) >= 11 is 0. The quantitative estimate of drug-likeness (QED) is 0.155. The zero-order valence-electron chi connectivity index (χ0n) is 23.5. The van der Waals surface area contributed by atoms with Gasteiger partial charge < -0.3 is 28.7 Å². The van der Waals surface area contributed by atoms with Crippen molar-refractivity contribution in [2.75, 3.05) is 53.5 Å². The van der Waals surface area contributed by atoms with E-state index < -0.39 is 0 Å². The molecule has 0 aliphatic carbocycles. The highest BCUT2D eigenvalue weighted by Crippen LogP contribution is 2.17. The molecule has 0 N–H and O–H groups in total. The van der Waals surface area contributed by atoms with Crippen molar-refractivity contribution >= 4 is 23.9 Å². The van der Waals surface area contributed by atoms with Crippen LogP contribution in [0.1, 0.15) is 89.9 Å². The third-order valence-electron chi connectivity index (χ3n) is 7.40. The van der Waals surface area contributed by atoms with Crippen molar-refractivity contribution in [1.82, 2.24) is 9.80 Å². The molecule has 0 amide bonds. The molecule has 2 heterocycles. The Balaban J connectivity index is 1.39. The van der Waals surface area contributed by atoms with Gasteiger partial charge in [-0.05, 0) is 38.5 Å². The highest BCUT2D eigenvalue weighted by atomic mass is 16.5. The lowest BCUT2D eigenvalue weighted by molar-refractivity contribution is -0.152. The molecule has 0 saturated carbocycles.